The fourth-order valence-corrected chi connectivity index (χ4v) is 3.23. The first-order valence-electron chi connectivity index (χ1n) is 8.13. The quantitative estimate of drug-likeness (QED) is 0.862. The van der Waals surface area contributed by atoms with E-state index in [1.54, 1.807) is 12.1 Å². The molecule has 1 atom stereocenters. The Morgan fingerprint density at radius 1 is 1.09 bits per heavy atom. The number of halogens is 4. The topological polar surface area (TPSA) is 15.3 Å². The third-order valence-electron chi connectivity index (χ3n) is 4.62. The molecule has 1 aliphatic carbocycles. The van der Waals surface area contributed by atoms with E-state index in [1.165, 1.54) is 37.8 Å². The van der Waals surface area contributed by atoms with E-state index in [2.05, 4.69) is 10.2 Å². The van der Waals surface area contributed by atoms with Gasteiger partial charge in [0.15, 0.2) is 0 Å². The Morgan fingerprint density at radius 3 is 2.30 bits per heavy atom. The Hall–Kier alpha value is -0.780. The van der Waals surface area contributed by atoms with Crippen LogP contribution in [0.2, 0.25) is 0 Å². The van der Waals surface area contributed by atoms with Crippen molar-refractivity contribution in [2.75, 3.05) is 19.6 Å². The van der Waals surface area contributed by atoms with E-state index < -0.39 is 11.7 Å². The van der Waals surface area contributed by atoms with Gasteiger partial charge < -0.3 is 5.32 Å². The van der Waals surface area contributed by atoms with Crippen molar-refractivity contribution in [2.45, 2.75) is 44.4 Å². The molecule has 130 valence electrons. The van der Waals surface area contributed by atoms with E-state index in [4.69, 9.17) is 0 Å². The highest BCUT2D eigenvalue weighted by Gasteiger charge is 2.32. The maximum atomic E-state index is 12.6. The van der Waals surface area contributed by atoms with E-state index in [0.29, 0.717) is 12.0 Å². The van der Waals surface area contributed by atoms with Gasteiger partial charge in [0.05, 0.1) is 5.56 Å². The van der Waals surface area contributed by atoms with Crippen LogP contribution in [-0.2, 0) is 12.7 Å². The number of nitrogens with zero attached hydrogens (tertiary/aromatic N) is 1. The monoisotopic (exact) mass is 348 g/mol. The second-order valence-electron chi connectivity index (χ2n) is 6.57. The fraction of sp³-hybridized carbons (Fsp3) is 0.647. The summed E-state index contributed by atoms with van der Waals surface area (Å²) in [5.74, 6) is 0.670. The van der Waals surface area contributed by atoms with Crippen LogP contribution in [0, 0.1) is 5.92 Å². The van der Waals surface area contributed by atoms with E-state index in [9.17, 15) is 13.2 Å². The summed E-state index contributed by atoms with van der Waals surface area (Å²) in [6, 6.07) is 6.27. The third-order valence-corrected chi connectivity index (χ3v) is 4.62. The summed E-state index contributed by atoms with van der Waals surface area (Å²) in [7, 11) is 0. The fourth-order valence-electron chi connectivity index (χ4n) is 3.23. The van der Waals surface area contributed by atoms with Gasteiger partial charge in [0.25, 0.3) is 0 Å². The zero-order chi connectivity index (χ0) is 15.6. The largest absolute Gasteiger partial charge is 0.416 e. The molecule has 3 rings (SSSR count). The van der Waals surface area contributed by atoms with Crippen LogP contribution in [0.25, 0.3) is 0 Å². The minimum atomic E-state index is -4.25. The molecule has 2 nitrogen and oxygen atoms in total. The van der Waals surface area contributed by atoms with Gasteiger partial charge in [-0.1, -0.05) is 12.1 Å². The zero-order valence-corrected chi connectivity index (χ0v) is 13.9. The molecule has 23 heavy (non-hydrogen) atoms. The number of rotatable bonds is 5. The maximum absolute atomic E-state index is 12.6. The summed E-state index contributed by atoms with van der Waals surface area (Å²) in [4.78, 5) is 2.46. The standard InChI is InChI=1S/C17H23F3N2.ClH/c18-17(19,20)15-5-3-13(4-6-15)11-22(16-7-8-16)12-14-2-1-9-21-10-14;/h3-6,14,16,21H,1-2,7-12H2;1H. The van der Waals surface area contributed by atoms with Gasteiger partial charge in [0.2, 0.25) is 0 Å². The van der Waals surface area contributed by atoms with Gasteiger partial charge in [0, 0.05) is 19.1 Å². The number of benzene rings is 1. The minimum Gasteiger partial charge on any atom is -0.316 e. The lowest BCUT2D eigenvalue weighted by Crippen LogP contribution is -2.39. The van der Waals surface area contributed by atoms with Crippen LogP contribution < -0.4 is 5.32 Å². The molecular formula is C17H24ClF3N2. The molecule has 0 radical (unpaired) electrons. The Morgan fingerprint density at radius 2 is 1.78 bits per heavy atom. The lowest BCUT2D eigenvalue weighted by atomic mass is 9.98. The van der Waals surface area contributed by atoms with Crippen LogP contribution in [0.4, 0.5) is 13.2 Å². The molecule has 0 bridgehead atoms. The van der Waals surface area contributed by atoms with Crippen molar-refractivity contribution < 1.29 is 13.2 Å². The summed E-state index contributed by atoms with van der Waals surface area (Å²) < 4.78 is 37.8. The van der Waals surface area contributed by atoms with Crippen LogP contribution in [0.1, 0.15) is 36.8 Å². The van der Waals surface area contributed by atoms with Crippen LogP contribution in [-0.4, -0.2) is 30.6 Å². The second kappa shape index (κ2) is 7.86. The number of alkyl halides is 3. The van der Waals surface area contributed by atoms with Crippen LogP contribution >= 0.6 is 12.4 Å². The Kier molecular flexibility index (Phi) is 6.34. The molecule has 1 aromatic carbocycles. The Bertz CT molecular complexity index is 480. The van der Waals surface area contributed by atoms with Gasteiger partial charge in [-0.15, -0.1) is 12.4 Å². The molecule has 1 aliphatic heterocycles. The van der Waals surface area contributed by atoms with Gasteiger partial charge in [-0.05, 0) is 62.4 Å². The summed E-state index contributed by atoms with van der Waals surface area (Å²) in [5.41, 5.74) is 0.411. The zero-order valence-electron chi connectivity index (χ0n) is 13.1. The average molecular weight is 349 g/mol. The van der Waals surface area contributed by atoms with Gasteiger partial charge >= 0.3 is 6.18 Å². The molecule has 0 aromatic heterocycles. The molecule has 1 unspecified atom stereocenters. The first kappa shape index (κ1) is 18.6. The van der Waals surface area contributed by atoms with Crippen LogP contribution in [0.5, 0.6) is 0 Å². The van der Waals surface area contributed by atoms with E-state index in [0.717, 1.165) is 31.7 Å². The molecule has 6 heteroatoms. The number of hydrogen-bond donors (Lipinski definition) is 1. The van der Waals surface area contributed by atoms with Gasteiger partial charge in [0.1, 0.15) is 0 Å². The van der Waals surface area contributed by atoms with Gasteiger partial charge in [-0.25, -0.2) is 0 Å². The highest BCUT2D eigenvalue weighted by molar-refractivity contribution is 5.85. The Labute approximate surface area is 141 Å². The molecule has 1 saturated carbocycles. The molecule has 1 saturated heterocycles. The number of nitrogens with one attached hydrogen (secondary N) is 1. The normalized spacial score (nSPS) is 22.0. The Balaban J connectivity index is 0.00000192. The summed E-state index contributed by atoms with van der Waals surface area (Å²) in [5, 5.41) is 3.44. The number of hydrogen-bond acceptors (Lipinski definition) is 2. The maximum Gasteiger partial charge on any atom is 0.416 e. The first-order valence-corrected chi connectivity index (χ1v) is 8.13. The molecule has 2 fully saturated rings. The van der Waals surface area contributed by atoms with Crippen molar-refractivity contribution in [3.63, 3.8) is 0 Å². The minimum absolute atomic E-state index is 0. The summed E-state index contributed by atoms with van der Waals surface area (Å²) in [6.07, 6.45) is 0.677. The van der Waals surface area contributed by atoms with Crippen molar-refractivity contribution in [3.05, 3.63) is 35.4 Å². The molecule has 1 heterocycles. The molecule has 0 spiro atoms. The van der Waals surface area contributed by atoms with Crippen molar-refractivity contribution in [1.82, 2.24) is 10.2 Å². The van der Waals surface area contributed by atoms with Crippen molar-refractivity contribution in [3.8, 4) is 0 Å². The van der Waals surface area contributed by atoms with Crippen molar-refractivity contribution in [2.24, 2.45) is 5.92 Å². The smallest absolute Gasteiger partial charge is 0.316 e. The SMILES string of the molecule is Cl.FC(F)(F)c1ccc(CN(CC2CCCNC2)C2CC2)cc1. The predicted octanol–water partition coefficient (Wildman–Crippen LogP) is 4.09. The van der Waals surface area contributed by atoms with E-state index in [-0.39, 0.29) is 12.4 Å². The highest BCUT2D eigenvalue weighted by atomic mass is 35.5. The molecule has 1 aromatic rings. The summed E-state index contributed by atoms with van der Waals surface area (Å²) in [6.45, 7) is 3.99. The lowest BCUT2D eigenvalue weighted by molar-refractivity contribution is -0.137. The average Bonchev–Trinajstić information content (AvgIpc) is 3.32. The molecule has 1 N–H and O–H groups in total. The van der Waals surface area contributed by atoms with Crippen LogP contribution in [0.15, 0.2) is 24.3 Å². The second-order valence-corrected chi connectivity index (χ2v) is 6.57. The highest BCUT2D eigenvalue weighted by Crippen LogP contribution is 2.32. The predicted molar refractivity (Wildman–Crippen MR) is 87.7 cm³/mol. The molecule has 2 aliphatic rings. The van der Waals surface area contributed by atoms with E-state index >= 15 is 0 Å². The van der Waals surface area contributed by atoms with Crippen molar-refractivity contribution in [1.29, 1.82) is 0 Å². The first-order chi connectivity index (χ1) is 10.5. The van der Waals surface area contributed by atoms with E-state index in [1.807, 2.05) is 0 Å². The van der Waals surface area contributed by atoms with Crippen LogP contribution in [0.3, 0.4) is 0 Å². The molecule has 0 amide bonds. The molecular weight excluding hydrogens is 325 g/mol. The van der Waals surface area contributed by atoms with Gasteiger partial charge in [-0.3, -0.25) is 4.90 Å². The number of piperidine rings is 1. The van der Waals surface area contributed by atoms with Gasteiger partial charge in [-0.2, -0.15) is 13.2 Å². The lowest BCUT2D eigenvalue weighted by Gasteiger charge is -2.30. The third kappa shape index (κ3) is 5.37. The van der Waals surface area contributed by atoms with Crippen molar-refractivity contribution >= 4 is 12.4 Å². The summed E-state index contributed by atoms with van der Waals surface area (Å²) >= 11 is 0.